The van der Waals surface area contributed by atoms with E-state index in [1.807, 2.05) is 7.05 Å². The molecule has 0 radical (unpaired) electrons. The second-order valence-electron chi connectivity index (χ2n) is 6.75. The van der Waals surface area contributed by atoms with Gasteiger partial charge >= 0.3 is 0 Å². The van der Waals surface area contributed by atoms with Gasteiger partial charge in [0.2, 0.25) is 0 Å². The average molecular weight is 335 g/mol. The van der Waals surface area contributed by atoms with Gasteiger partial charge in [0.05, 0.1) is 0 Å². The molecule has 1 aromatic rings. The highest BCUT2D eigenvalue weighted by molar-refractivity contribution is 5.79. The molecule has 0 aliphatic carbocycles. The van der Waals surface area contributed by atoms with Crippen molar-refractivity contribution in [3.63, 3.8) is 0 Å². The largest absolute Gasteiger partial charge is 0.385 e. The van der Waals surface area contributed by atoms with Crippen molar-refractivity contribution in [3.8, 4) is 0 Å². The second-order valence-corrected chi connectivity index (χ2v) is 6.75. The zero-order valence-electron chi connectivity index (χ0n) is 15.9. The zero-order valence-corrected chi connectivity index (χ0v) is 15.9. The minimum atomic E-state index is 0.0514. The smallest absolute Gasteiger partial charge is 0.191 e. The highest BCUT2D eigenvalue weighted by Gasteiger charge is 2.20. The summed E-state index contributed by atoms with van der Waals surface area (Å²) < 4.78 is 5.08. The Balaban J connectivity index is 2.32. The molecule has 0 amide bonds. The zero-order chi connectivity index (χ0) is 17.8. The van der Waals surface area contributed by atoms with E-state index in [9.17, 15) is 0 Å². The van der Waals surface area contributed by atoms with Crippen LogP contribution in [-0.2, 0) is 10.2 Å². The van der Waals surface area contributed by atoms with Crippen LogP contribution in [0.3, 0.4) is 0 Å². The molecular formula is C19H34N4O. The van der Waals surface area contributed by atoms with Crippen LogP contribution < -0.4 is 10.6 Å². The first-order valence-corrected chi connectivity index (χ1v) is 8.67. The summed E-state index contributed by atoms with van der Waals surface area (Å²) in [5.74, 6) is 0.851. The highest BCUT2D eigenvalue weighted by Crippen LogP contribution is 2.21. The van der Waals surface area contributed by atoms with Gasteiger partial charge in [-0.05, 0) is 19.0 Å². The van der Waals surface area contributed by atoms with Crippen molar-refractivity contribution in [2.75, 3.05) is 54.0 Å². The topological polar surface area (TPSA) is 48.9 Å². The predicted octanol–water partition coefficient (Wildman–Crippen LogP) is 2.10. The molecule has 0 atom stereocenters. The number of aliphatic imine (C=N–C) groups is 1. The van der Waals surface area contributed by atoms with E-state index in [0.717, 1.165) is 45.2 Å². The summed E-state index contributed by atoms with van der Waals surface area (Å²) in [6, 6.07) is 10.6. The van der Waals surface area contributed by atoms with Crippen LogP contribution >= 0.6 is 0 Å². The lowest BCUT2D eigenvalue weighted by Gasteiger charge is -2.27. The fraction of sp³-hybridized carbons (Fsp3) is 0.632. The van der Waals surface area contributed by atoms with E-state index < -0.39 is 0 Å². The van der Waals surface area contributed by atoms with Crippen molar-refractivity contribution in [3.05, 3.63) is 35.9 Å². The molecular weight excluding hydrogens is 300 g/mol. The Morgan fingerprint density at radius 3 is 2.50 bits per heavy atom. The monoisotopic (exact) mass is 334 g/mol. The van der Waals surface area contributed by atoms with Crippen molar-refractivity contribution >= 4 is 5.96 Å². The van der Waals surface area contributed by atoms with Gasteiger partial charge in [-0.15, -0.1) is 0 Å². The number of methoxy groups -OCH3 is 1. The lowest BCUT2D eigenvalue weighted by atomic mass is 9.85. The molecule has 5 nitrogen and oxygen atoms in total. The predicted molar refractivity (Wildman–Crippen MR) is 103 cm³/mol. The number of guanidine groups is 1. The first kappa shape index (κ1) is 20.5. The van der Waals surface area contributed by atoms with Gasteiger partial charge < -0.3 is 20.3 Å². The van der Waals surface area contributed by atoms with Gasteiger partial charge in [0.15, 0.2) is 5.96 Å². The highest BCUT2D eigenvalue weighted by atomic mass is 16.5. The number of benzene rings is 1. The maximum atomic E-state index is 5.08. The molecule has 0 aliphatic heterocycles. The van der Waals surface area contributed by atoms with Crippen molar-refractivity contribution in [2.45, 2.75) is 25.7 Å². The molecule has 0 saturated heterocycles. The van der Waals surface area contributed by atoms with Crippen LogP contribution in [-0.4, -0.2) is 64.9 Å². The summed E-state index contributed by atoms with van der Waals surface area (Å²) in [6.45, 7) is 9.03. The standard InChI is InChI=1S/C19H34N4O/c1-19(2,17-10-7-6-8-11-17)16-22-18(20-3)21-12-14-23(4)13-9-15-24-5/h6-8,10-11H,9,12-16H2,1-5H3,(H2,20,21,22). The van der Waals surface area contributed by atoms with E-state index in [-0.39, 0.29) is 5.41 Å². The number of nitrogens with zero attached hydrogens (tertiary/aromatic N) is 2. The van der Waals surface area contributed by atoms with Crippen molar-refractivity contribution in [2.24, 2.45) is 4.99 Å². The summed E-state index contributed by atoms with van der Waals surface area (Å²) in [5.41, 5.74) is 1.38. The summed E-state index contributed by atoms with van der Waals surface area (Å²) >= 11 is 0. The molecule has 0 saturated carbocycles. The van der Waals surface area contributed by atoms with Crippen LogP contribution in [0.15, 0.2) is 35.3 Å². The van der Waals surface area contributed by atoms with Crippen LogP contribution in [0.5, 0.6) is 0 Å². The van der Waals surface area contributed by atoms with Gasteiger partial charge in [0, 0.05) is 52.4 Å². The second kappa shape index (κ2) is 11.0. The van der Waals surface area contributed by atoms with Crippen LogP contribution in [0.1, 0.15) is 25.8 Å². The molecule has 0 bridgehead atoms. The lowest BCUT2D eigenvalue weighted by molar-refractivity contribution is 0.180. The van der Waals surface area contributed by atoms with E-state index >= 15 is 0 Å². The first-order chi connectivity index (χ1) is 11.5. The molecule has 5 heteroatoms. The third-order valence-corrected chi connectivity index (χ3v) is 4.15. The normalized spacial score (nSPS) is 12.5. The Bertz CT molecular complexity index is 474. The first-order valence-electron chi connectivity index (χ1n) is 8.67. The maximum Gasteiger partial charge on any atom is 0.191 e. The maximum absolute atomic E-state index is 5.08. The van der Waals surface area contributed by atoms with Crippen molar-refractivity contribution in [1.29, 1.82) is 0 Å². The summed E-state index contributed by atoms with van der Waals surface area (Å²) in [7, 11) is 5.69. The fourth-order valence-electron chi connectivity index (χ4n) is 2.47. The minimum absolute atomic E-state index is 0.0514. The SMILES string of the molecule is CN=C(NCCN(C)CCCOC)NCC(C)(C)c1ccccc1. The van der Waals surface area contributed by atoms with E-state index in [2.05, 4.69) is 71.8 Å². The van der Waals surface area contributed by atoms with Gasteiger partial charge in [-0.2, -0.15) is 0 Å². The van der Waals surface area contributed by atoms with Gasteiger partial charge in [-0.25, -0.2) is 0 Å². The third-order valence-electron chi connectivity index (χ3n) is 4.15. The van der Waals surface area contributed by atoms with Crippen molar-refractivity contribution < 1.29 is 4.74 Å². The fourth-order valence-corrected chi connectivity index (χ4v) is 2.47. The lowest BCUT2D eigenvalue weighted by Crippen LogP contribution is -2.45. The molecule has 24 heavy (non-hydrogen) atoms. The van der Waals surface area contributed by atoms with E-state index in [4.69, 9.17) is 4.74 Å². The minimum Gasteiger partial charge on any atom is -0.385 e. The molecule has 2 N–H and O–H groups in total. The number of ether oxygens (including phenoxy) is 1. The molecule has 136 valence electrons. The molecule has 1 rings (SSSR count). The van der Waals surface area contributed by atoms with Gasteiger partial charge in [0.1, 0.15) is 0 Å². The number of hydrogen-bond donors (Lipinski definition) is 2. The summed E-state index contributed by atoms with van der Waals surface area (Å²) in [6.07, 6.45) is 1.06. The quantitative estimate of drug-likeness (QED) is 0.391. The van der Waals surface area contributed by atoms with Crippen LogP contribution in [0.25, 0.3) is 0 Å². The van der Waals surface area contributed by atoms with Crippen LogP contribution in [0.2, 0.25) is 0 Å². The van der Waals surface area contributed by atoms with Crippen LogP contribution in [0.4, 0.5) is 0 Å². The average Bonchev–Trinajstić information content (AvgIpc) is 2.59. The van der Waals surface area contributed by atoms with Gasteiger partial charge in [-0.3, -0.25) is 4.99 Å². The number of likely N-dealkylation sites (N-methyl/N-ethyl adjacent to an activating group) is 1. The molecule has 0 spiro atoms. The Kier molecular flexibility index (Phi) is 9.42. The molecule has 0 aliphatic rings. The third kappa shape index (κ3) is 7.79. The van der Waals surface area contributed by atoms with E-state index in [0.29, 0.717) is 0 Å². The van der Waals surface area contributed by atoms with Gasteiger partial charge in [-0.1, -0.05) is 44.2 Å². The Labute approximate surface area is 147 Å². The molecule has 0 unspecified atom stereocenters. The molecule has 1 aromatic carbocycles. The Morgan fingerprint density at radius 1 is 1.17 bits per heavy atom. The Hall–Kier alpha value is -1.59. The van der Waals surface area contributed by atoms with Gasteiger partial charge in [0.25, 0.3) is 0 Å². The number of hydrogen-bond acceptors (Lipinski definition) is 3. The van der Waals surface area contributed by atoms with E-state index in [1.165, 1.54) is 5.56 Å². The summed E-state index contributed by atoms with van der Waals surface area (Å²) in [5, 5.41) is 6.82. The molecule has 0 aromatic heterocycles. The Morgan fingerprint density at radius 2 is 1.88 bits per heavy atom. The van der Waals surface area contributed by atoms with Crippen LogP contribution in [0, 0.1) is 0 Å². The number of nitrogens with one attached hydrogen (secondary N) is 2. The molecule has 0 fully saturated rings. The summed E-state index contributed by atoms with van der Waals surface area (Å²) in [4.78, 5) is 6.61. The molecule has 0 heterocycles. The van der Waals surface area contributed by atoms with E-state index in [1.54, 1.807) is 7.11 Å². The number of rotatable bonds is 10. The van der Waals surface area contributed by atoms with Crippen molar-refractivity contribution in [1.82, 2.24) is 15.5 Å².